The molecule has 0 aliphatic carbocycles. The molecule has 0 fully saturated rings. The lowest BCUT2D eigenvalue weighted by Crippen LogP contribution is -2.33. The highest BCUT2D eigenvalue weighted by Crippen LogP contribution is 2.12. The molecule has 7 nitrogen and oxygen atoms in total. The average molecular weight is 331 g/mol. The van der Waals surface area contributed by atoms with Crippen LogP contribution in [0.4, 0.5) is 0 Å². The van der Waals surface area contributed by atoms with Gasteiger partial charge in [-0.2, -0.15) is 0 Å². The number of benzene rings is 1. The zero-order valence-electron chi connectivity index (χ0n) is 13.8. The fourth-order valence-electron chi connectivity index (χ4n) is 2.47. The normalized spacial score (nSPS) is 11.1. The summed E-state index contributed by atoms with van der Waals surface area (Å²) in [6, 6.07) is 7.40. The lowest BCUT2D eigenvalue weighted by Gasteiger charge is -2.05. The zero-order chi connectivity index (χ0) is 17.5. The third-order valence-corrected chi connectivity index (χ3v) is 3.63. The van der Waals surface area contributed by atoms with E-state index in [0.29, 0.717) is 19.5 Å². The summed E-state index contributed by atoms with van der Waals surface area (Å²) in [5.41, 5.74) is 1.36. The minimum Gasteiger partial charge on any atom is -0.466 e. The molecule has 1 aromatic heterocycles. The standard InChI is InChI=1S/C17H21N3O4/c1-3-19-13-8-4-5-9-14(13)20(17(19)23)12-15(21)18-11-7-6-10-16(22)24-2/h4-6,8-10H,3,7,11-12H2,1-2H3,(H,18,21)/b10-6+. The van der Waals surface area contributed by atoms with Gasteiger partial charge in [-0.1, -0.05) is 18.2 Å². The average Bonchev–Trinajstić information content (AvgIpc) is 2.86. The first-order valence-corrected chi connectivity index (χ1v) is 7.77. The number of esters is 1. The highest BCUT2D eigenvalue weighted by molar-refractivity contribution is 5.82. The van der Waals surface area contributed by atoms with E-state index in [1.807, 2.05) is 31.2 Å². The number of para-hydroxylation sites is 2. The Kier molecular flexibility index (Phi) is 5.95. The van der Waals surface area contributed by atoms with Crippen molar-refractivity contribution in [3.8, 4) is 0 Å². The maximum Gasteiger partial charge on any atom is 0.330 e. The van der Waals surface area contributed by atoms with Gasteiger partial charge >= 0.3 is 11.7 Å². The van der Waals surface area contributed by atoms with Crippen molar-refractivity contribution in [3.05, 3.63) is 46.9 Å². The number of imidazole rings is 1. The minimum atomic E-state index is -0.430. The third kappa shape index (κ3) is 3.92. The minimum absolute atomic E-state index is 0.0347. The van der Waals surface area contributed by atoms with Crippen molar-refractivity contribution in [1.29, 1.82) is 0 Å². The number of rotatable bonds is 7. The number of nitrogens with zero attached hydrogens (tertiary/aromatic N) is 2. The summed E-state index contributed by atoms with van der Waals surface area (Å²) >= 11 is 0. The van der Waals surface area contributed by atoms with E-state index in [1.54, 1.807) is 10.6 Å². The Morgan fingerprint density at radius 3 is 2.50 bits per heavy atom. The van der Waals surface area contributed by atoms with Crippen LogP contribution in [0.25, 0.3) is 11.0 Å². The van der Waals surface area contributed by atoms with Gasteiger partial charge in [0.05, 0.1) is 18.1 Å². The molecule has 0 radical (unpaired) electrons. The van der Waals surface area contributed by atoms with Crippen molar-refractivity contribution in [2.75, 3.05) is 13.7 Å². The quantitative estimate of drug-likeness (QED) is 0.467. The number of hydrogen-bond donors (Lipinski definition) is 1. The van der Waals surface area contributed by atoms with E-state index in [9.17, 15) is 14.4 Å². The molecule has 1 heterocycles. The van der Waals surface area contributed by atoms with E-state index in [2.05, 4.69) is 10.1 Å². The van der Waals surface area contributed by atoms with E-state index in [-0.39, 0.29) is 18.1 Å². The van der Waals surface area contributed by atoms with Gasteiger partial charge in [0.25, 0.3) is 0 Å². The summed E-state index contributed by atoms with van der Waals surface area (Å²) in [5.74, 6) is -0.678. The van der Waals surface area contributed by atoms with Crippen molar-refractivity contribution < 1.29 is 14.3 Å². The molecule has 0 saturated carbocycles. The predicted octanol–water partition coefficient (Wildman–Crippen LogP) is 1.06. The fourth-order valence-corrected chi connectivity index (χ4v) is 2.47. The molecule has 2 rings (SSSR count). The lowest BCUT2D eigenvalue weighted by atomic mass is 10.3. The number of fused-ring (bicyclic) bond motifs is 1. The van der Waals surface area contributed by atoms with Crippen molar-refractivity contribution in [3.63, 3.8) is 0 Å². The number of aromatic nitrogens is 2. The summed E-state index contributed by atoms with van der Waals surface area (Å²) in [6.07, 6.45) is 3.44. The summed E-state index contributed by atoms with van der Waals surface area (Å²) in [6.45, 7) is 2.79. The van der Waals surface area contributed by atoms with Gasteiger partial charge in [-0.05, 0) is 25.5 Å². The summed E-state index contributed by atoms with van der Waals surface area (Å²) < 4.78 is 7.58. The molecule has 7 heteroatoms. The van der Waals surface area contributed by atoms with Gasteiger partial charge in [-0.3, -0.25) is 13.9 Å². The number of methoxy groups -OCH3 is 1. The smallest absolute Gasteiger partial charge is 0.330 e. The topological polar surface area (TPSA) is 82.3 Å². The number of carbonyl (C=O) groups is 2. The fraction of sp³-hybridized carbons (Fsp3) is 0.353. The Morgan fingerprint density at radius 2 is 1.88 bits per heavy atom. The second-order valence-electron chi connectivity index (χ2n) is 5.17. The Morgan fingerprint density at radius 1 is 1.21 bits per heavy atom. The number of carbonyl (C=O) groups excluding carboxylic acids is 2. The van der Waals surface area contributed by atoms with E-state index < -0.39 is 5.97 Å². The first kappa shape index (κ1) is 17.5. The Hall–Kier alpha value is -2.83. The van der Waals surface area contributed by atoms with Gasteiger partial charge in [0.1, 0.15) is 6.54 Å². The van der Waals surface area contributed by atoms with E-state index in [4.69, 9.17) is 0 Å². The number of hydrogen-bond acceptors (Lipinski definition) is 4. The van der Waals surface area contributed by atoms with Gasteiger partial charge in [-0.25, -0.2) is 9.59 Å². The molecule has 0 bridgehead atoms. The molecule has 0 atom stereocenters. The molecule has 0 aliphatic heterocycles. The van der Waals surface area contributed by atoms with Crippen LogP contribution in [0.1, 0.15) is 13.3 Å². The first-order valence-electron chi connectivity index (χ1n) is 7.77. The van der Waals surface area contributed by atoms with Crippen LogP contribution < -0.4 is 11.0 Å². The number of amides is 1. The molecular formula is C17H21N3O4. The molecule has 2 aromatic rings. The Labute approximate surface area is 139 Å². The molecule has 128 valence electrons. The van der Waals surface area contributed by atoms with Gasteiger partial charge in [0.2, 0.25) is 5.91 Å². The molecule has 24 heavy (non-hydrogen) atoms. The predicted molar refractivity (Wildman–Crippen MR) is 90.7 cm³/mol. The van der Waals surface area contributed by atoms with Crippen LogP contribution >= 0.6 is 0 Å². The third-order valence-electron chi connectivity index (χ3n) is 3.63. The maximum atomic E-state index is 12.4. The van der Waals surface area contributed by atoms with Gasteiger partial charge in [-0.15, -0.1) is 0 Å². The van der Waals surface area contributed by atoms with Gasteiger partial charge in [0, 0.05) is 19.2 Å². The van der Waals surface area contributed by atoms with Crippen LogP contribution in [0.2, 0.25) is 0 Å². The number of nitrogens with one attached hydrogen (secondary N) is 1. The van der Waals surface area contributed by atoms with Crippen molar-refractivity contribution in [2.45, 2.75) is 26.4 Å². The highest BCUT2D eigenvalue weighted by Gasteiger charge is 2.13. The van der Waals surface area contributed by atoms with Crippen molar-refractivity contribution >= 4 is 22.9 Å². The van der Waals surface area contributed by atoms with Crippen LogP contribution in [0.5, 0.6) is 0 Å². The molecule has 1 aromatic carbocycles. The monoisotopic (exact) mass is 331 g/mol. The highest BCUT2D eigenvalue weighted by atomic mass is 16.5. The zero-order valence-corrected chi connectivity index (χ0v) is 13.8. The van der Waals surface area contributed by atoms with Crippen LogP contribution in [0.3, 0.4) is 0 Å². The molecule has 1 amide bonds. The molecule has 1 N–H and O–H groups in total. The number of ether oxygens (including phenoxy) is 1. The van der Waals surface area contributed by atoms with E-state index in [1.165, 1.54) is 17.8 Å². The van der Waals surface area contributed by atoms with Crippen LogP contribution in [0.15, 0.2) is 41.2 Å². The molecular weight excluding hydrogens is 310 g/mol. The van der Waals surface area contributed by atoms with Gasteiger partial charge < -0.3 is 10.1 Å². The maximum absolute atomic E-state index is 12.4. The first-order chi connectivity index (χ1) is 11.6. The van der Waals surface area contributed by atoms with E-state index >= 15 is 0 Å². The largest absolute Gasteiger partial charge is 0.466 e. The Balaban J connectivity index is 2.01. The second-order valence-corrected chi connectivity index (χ2v) is 5.17. The summed E-state index contributed by atoms with van der Waals surface area (Å²) in [5, 5.41) is 2.73. The summed E-state index contributed by atoms with van der Waals surface area (Å²) in [4.78, 5) is 35.4. The second kappa shape index (κ2) is 8.14. The van der Waals surface area contributed by atoms with Crippen LogP contribution in [-0.2, 0) is 27.4 Å². The summed E-state index contributed by atoms with van der Waals surface area (Å²) in [7, 11) is 1.30. The van der Waals surface area contributed by atoms with Crippen molar-refractivity contribution in [1.82, 2.24) is 14.5 Å². The van der Waals surface area contributed by atoms with Crippen molar-refractivity contribution in [2.24, 2.45) is 0 Å². The lowest BCUT2D eigenvalue weighted by molar-refractivity contribution is -0.134. The molecule has 0 aliphatic rings. The van der Waals surface area contributed by atoms with Gasteiger partial charge in [0.15, 0.2) is 0 Å². The molecule has 0 saturated heterocycles. The number of aryl methyl sites for hydroxylation is 1. The SMILES string of the molecule is CCn1c(=O)n(CC(=O)NCC/C=C/C(=O)OC)c2ccccc21. The molecule has 0 spiro atoms. The van der Waals surface area contributed by atoms with Crippen LogP contribution in [0, 0.1) is 0 Å². The Bertz CT molecular complexity index is 817. The molecule has 0 unspecified atom stereocenters. The van der Waals surface area contributed by atoms with Crippen LogP contribution in [-0.4, -0.2) is 34.7 Å². The van der Waals surface area contributed by atoms with E-state index in [0.717, 1.165) is 11.0 Å².